The molecule has 1 saturated heterocycles. The minimum atomic E-state index is 0.293. The SMILES string of the molecule is COCCNc1cc(N2CCC(CO)CC2)ncn1. The highest BCUT2D eigenvalue weighted by Gasteiger charge is 2.19. The van der Waals surface area contributed by atoms with Gasteiger partial charge in [0, 0.05) is 39.4 Å². The van der Waals surface area contributed by atoms with Crippen molar-refractivity contribution in [1.29, 1.82) is 0 Å². The number of nitrogens with one attached hydrogen (secondary N) is 1. The number of methoxy groups -OCH3 is 1. The number of hydrogen-bond acceptors (Lipinski definition) is 6. The lowest BCUT2D eigenvalue weighted by Crippen LogP contribution is -2.35. The van der Waals surface area contributed by atoms with Crippen molar-refractivity contribution in [1.82, 2.24) is 9.97 Å². The van der Waals surface area contributed by atoms with Gasteiger partial charge in [-0.25, -0.2) is 9.97 Å². The van der Waals surface area contributed by atoms with Crippen LogP contribution in [0.5, 0.6) is 0 Å². The van der Waals surface area contributed by atoms with Crippen molar-refractivity contribution in [2.24, 2.45) is 5.92 Å². The van der Waals surface area contributed by atoms with Crippen LogP contribution in [-0.2, 0) is 4.74 Å². The van der Waals surface area contributed by atoms with E-state index in [1.54, 1.807) is 13.4 Å². The molecular weight excluding hydrogens is 244 g/mol. The van der Waals surface area contributed by atoms with E-state index in [4.69, 9.17) is 9.84 Å². The molecule has 0 spiro atoms. The van der Waals surface area contributed by atoms with Crippen molar-refractivity contribution in [2.75, 3.05) is 50.2 Å². The molecule has 0 aromatic carbocycles. The van der Waals surface area contributed by atoms with Crippen LogP contribution in [0.15, 0.2) is 12.4 Å². The summed E-state index contributed by atoms with van der Waals surface area (Å²) >= 11 is 0. The fourth-order valence-electron chi connectivity index (χ4n) is 2.24. The number of aliphatic hydroxyl groups is 1. The average molecular weight is 266 g/mol. The first-order chi connectivity index (χ1) is 9.33. The zero-order chi connectivity index (χ0) is 13.5. The second-order valence-corrected chi connectivity index (χ2v) is 4.79. The van der Waals surface area contributed by atoms with Gasteiger partial charge in [-0.15, -0.1) is 0 Å². The second kappa shape index (κ2) is 7.25. The Labute approximate surface area is 113 Å². The van der Waals surface area contributed by atoms with E-state index in [0.717, 1.165) is 44.1 Å². The Morgan fingerprint density at radius 3 is 2.89 bits per heavy atom. The first-order valence-electron chi connectivity index (χ1n) is 6.74. The molecular formula is C13H22N4O2. The normalized spacial score (nSPS) is 16.6. The summed E-state index contributed by atoms with van der Waals surface area (Å²) < 4.78 is 4.99. The molecule has 1 aromatic heterocycles. The van der Waals surface area contributed by atoms with E-state index in [-0.39, 0.29) is 0 Å². The Bertz CT molecular complexity index is 381. The third-order valence-corrected chi connectivity index (χ3v) is 3.46. The highest BCUT2D eigenvalue weighted by atomic mass is 16.5. The summed E-state index contributed by atoms with van der Waals surface area (Å²) in [6, 6.07) is 1.97. The van der Waals surface area contributed by atoms with Gasteiger partial charge in [-0.05, 0) is 18.8 Å². The lowest BCUT2D eigenvalue weighted by atomic mass is 9.98. The van der Waals surface area contributed by atoms with Crippen molar-refractivity contribution < 1.29 is 9.84 Å². The van der Waals surface area contributed by atoms with E-state index in [9.17, 15) is 0 Å². The number of aliphatic hydroxyl groups excluding tert-OH is 1. The molecule has 0 amide bonds. The van der Waals surface area contributed by atoms with Crippen molar-refractivity contribution >= 4 is 11.6 Å². The summed E-state index contributed by atoms with van der Waals surface area (Å²) in [5, 5.41) is 12.3. The van der Waals surface area contributed by atoms with Crippen LogP contribution in [0.1, 0.15) is 12.8 Å². The number of anilines is 2. The van der Waals surface area contributed by atoms with Crippen LogP contribution in [0.2, 0.25) is 0 Å². The van der Waals surface area contributed by atoms with Crippen LogP contribution in [0.25, 0.3) is 0 Å². The number of hydrogen-bond donors (Lipinski definition) is 2. The zero-order valence-electron chi connectivity index (χ0n) is 11.4. The monoisotopic (exact) mass is 266 g/mol. The maximum absolute atomic E-state index is 9.15. The molecule has 1 fully saturated rings. The Hall–Kier alpha value is -1.40. The maximum atomic E-state index is 9.15. The van der Waals surface area contributed by atoms with E-state index >= 15 is 0 Å². The molecule has 0 aliphatic carbocycles. The number of piperidine rings is 1. The van der Waals surface area contributed by atoms with Gasteiger partial charge in [0.2, 0.25) is 0 Å². The Balaban J connectivity index is 1.91. The molecule has 2 N–H and O–H groups in total. The van der Waals surface area contributed by atoms with E-state index in [1.807, 2.05) is 6.07 Å². The average Bonchev–Trinajstić information content (AvgIpc) is 2.48. The van der Waals surface area contributed by atoms with E-state index < -0.39 is 0 Å². The van der Waals surface area contributed by atoms with Crippen molar-refractivity contribution in [3.8, 4) is 0 Å². The minimum Gasteiger partial charge on any atom is -0.396 e. The lowest BCUT2D eigenvalue weighted by Gasteiger charge is -2.31. The zero-order valence-corrected chi connectivity index (χ0v) is 11.4. The summed E-state index contributed by atoms with van der Waals surface area (Å²) in [5.41, 5.74) is 0. The van der Waals surface area contributed by atoms with Crippen LogP contribution < -0.4 is 10.2 Å². The highest BCUT2D eigenvalue weighted by molar-refractivity contribution is 5.48. The Kier molecular flexibility index (Phi) is 5.35. The largest absolute Gasteiger partial charge is 0.396 e. The Morgan fingerprint density at radius 2 is 2.21 bits per heavy atom. The fourth-order valence-corrected chi connectivity index (χ4v) is 2.24. The molecule has 6 nitrogen and oxygen atoms in total. The predicted octanol–water partition coefficient (Wildman–Crippen LogP) is 0.744. The summed E-state index contributed by atoms with van der Waals surface area (Å²) in [4.78, 5) is 10.8. The topological polar surface area (TPSA) is 70.5 Å². The molecule has 106 valence electrons. The van der Waals surface area contributed by atoms with Gasteiger partial charge in [-0.3, -0.25) is 0 Å². The highest BCUT2D eigenvalue weighted by Crippen LogP contribution is 2.22. The number of nitrogens with zero attached hydrogens (tertiary/aromatic N) is 3. The predicted molar refractivity (Wildman–Crippen MR) is 74.4 cm³/mol. The molecule has 0 bridgehead atoms. The maximum Gasteiger partial charge on any atom is 0.134 e. The molecule has 1 aromatic rings. The summed E-state index contributed by atoms with van der Waals surface area (Å²) in [6.45, 7) is 3.57. The van der Waals surface area contributed by atoms with Gasteiger partial charge in [0.05, 0.1) is 6.61 Å². The second-order valence-electron chi connectivity index (χ2n) is 4.79. The van der Waals surface area contributed by atoms with E-state index in [1.165, 1.54) is 0 Å². The third-order valence-electron chi connectivity index (χ3n) is 3.46. The number of ether oxygens (including phenoxy) is 1. The molecule has 1 aliphatic rings. The minimum absolute atomic E-state index is 0.293. The van der Waals surface area contributed by atoms with Crippen molar-refractivity contribution in [3.63, 3.8) is 0 Å². The van der Waals surface area contributed by atoms with Gasteiger partial charge in [0.15, 0.2) is 0 Å². The van der Waals surface area contributed by atoms with Crippen LogP contribution in [0.3, 0.4) is 0 Å². The molecule has 19 heavy (non-hydrogen) atoms. The number of rotatable bonds is 6. The summed E-state index contributed by atoms with van der Waals surface area (Å²) in [7, 11) is 1.68. The van der Waals surface area contributed by atoms with Gasteiger partial charge < -0.3 is 20.1 Å². The number of aromatic nitrogens is 2. The van der Waals surface area contributed by atoms with Crippen LogP contribution in [-0.4, -0.2) is 55.0 Å². The quantitative estimate of drug-likeness (QED) is 0.740. The van der Waals surface area contributed by atoms with Gasteiger partial charge in [-0.1, -0.05) is 0 Å². The van der Waals surface area contributed by atoms with Crippen molar-refractivity contribution in [2.45, 2.75) is 12.8 Å². The van der Waals surface area contributed by atoms with Crippen LogP contribution >= 0.6 is 0 Å². The molecule has 0 atom stereocenters. The van der Waals surface area contributed by atoms with Crippen molar-refractivity contribution in [3.05, 3.63) is 12.4 Å². The third kappa shape index (κ3) is 4.04. The van der Waals surface area contributed by atoms with Crippen LogP contribution in [0.4, 0.5) is 11.6 Å². The van der Waals surface area contributed by atoms with Gasteiger partial charge >= 0.3 is 0 Å². The van der Waals surface area contributed by atoms with Gasteiger partial charge in [0.1, 0.15) is 18.0 Å². The summed E-state index contributed by atoms with van der Waals surface area (Å²) in [6.07, 6.45) is 3.63. The summed E-state index contributed by atoms with van der Waals surface area (Å²) in [5.74, 6) is 2.22. The van der Waals surface area contributed by atoms with E-state index in [0.29, 0.717) is 19.1 Å². The first-order valence-corrected chi connectivity index (χ1v) is 6.74. The standard InChI is InChI=1S/C13H22N4O2/c1-19-7-4-14-12-8-13(16-10-15-12)17-5-2-11(9-18)3-6-17/h8,10-11,18H,2-7,9H2,1H3,(H,14,15,16). The van der Waals surface area contributed by atoms with Gasteiger partial charge in [0.25, 0.3) is 0 Å². The molecule has 0 saturated carbocycles. The van der Waals surface area contributed by atoms with Crippen LogP contribution in [0, 0.1) is 5.92 Å². The fraction of sp³-hybridized carbons (Fsp3) is 0.692. The molecule has 2 heterocycles. The van der Waals surface area contributed by atoms with Gasteiger partial charge in [-0.2, -0.15) is 0 Å². The molecule has 2 rings (SSSR count). The molecule has 0 radical (unpaired) electrons. The molecule has 0 unspecified atom stereocenters. The first kappa shape index (κ1) is 14.0. The lowest BCUT2D eigenvalue weighted by molar-refractivity contribution is 0.203. The Morgan fingerprint density at radius 1 is 1.42 bits per heavy atom. The smallest absolute Gasteiger partial charge is 0.134 e. The van der Waals surface area contributed by atoms with E-state index in [2.05, 4.69) is 20.2 Å². The molecule has 6 heteroatoms. The molecule has 1 aliphatic heterocycles.